The molecule has 4 rings (SSSR count). The zero-order chi connectivity index (χ0) is 21.1. The van der Waals surface area contributed by atoms with Crippen molar-refractivity contribution in [3.05, 3.63) is 88.9 Å². The van der Waals surface area contributed by atoms with E-state index in [1.54, 1.807) is 11.8 Å². The van der Waals surface area contributed by atoms with Crippen LogP contribution in [0.3, 0.4) is 0 Å². The van der Waals surface area contributed by atoms with Crippen molar-refractivity contribution in [1.82, 2.24) is 0 Å². The molecule has 0 fully saturated rings. The Morgan fingerprint density at radius 3 is 2.50 bits per heavy atom. The topological polar surface area (TPSA) is 64.9 Å². The number of hydrogen-bond acceptors (Lipinski definition) is 4. The van der Waals surface area contributed by atoms with Gasteiger partial charge in [-0.2, -0.15) is 5.26 Å². The van der Waals surface area contributed by atoms with Crippen LogP contribution in [0.15, 0.2) is 77.7 Å². The number of rotatable bonds is 4. The van der Waals surface area contributed by atoms with E-state index >= 15 is 0 Å². The van der Waals surface area contributed by atoms with E-state index in [1.807, 2.05) is 72.8 Å². The number of amides is 1. The summed E-state index contributed by atoms with van der Waals surface area (Å²) in [7, 11) is 0. The molecule has 1 heterocycles. The lowest BCUT2D eigenvalue weighted by Gasteiger charge is -2.43. The summed E-state index contributed by atoms with van der Waals surface area (Å²) >= 11 is 7.72. The largest absolute Gasteiger partial charge is 0.372 e. The average Bonchev–Trinajstić information content (AvgIpc) is 2.74. The number of benzene rings is 3. The van der Waals surface area contributed by atoms with E-state index in [-0.39, 0.29) is 11.2 Å². The number of anilines is 2. The fraction of sp³-hybridized carbons (Fsp3) is 0.167. The molecule has 1 aliphatic rings. The molecule has 0 spiro atoms. The van der Waals surface area contributed by atoms with Gasteiger partial charge in [0.15, 0.2) is 0 Å². The van der Waals surface area contributed by atoms with Crippen LogP contribution in [0.25, 0.3) is 0 Å². The van der Waals surface area contributed by atoms with Crippen LogP contribution in [0.4, 0.5) is 11.4 Å². The highest BCUT2D eigenvalue weighted by Crippen LogP contribution is 2.48. The molecular weight excluding hydrogens is 414 g/mol. The van der Waals surface area contributed by atoms with Crippen LogP contribution in [0, 0.1) is 11.3 Å². The summed E-state index contributed by atoms with van der Waals surface area (Å²) in [5, 5.41) is 16.9. The van der Waals surface area contributed by atoms with E-state index in [1.165, 1.54) is 6.92 Å². The summed E-state index contributed by atoms with van der Waals surface area (Å²) in [4.78, 5) is 12.4. The predicted octanol–water partition coefficient (Wildman–Crippen LogP) is 5.85. The predicted molar refractivity (Wildman–Crippen MR) is 123 cm³/mol. The van der Waals surface area contributed by atoms with Crippen LogP contribution in [-0.4, -0.2) is 11.2 Å². The molecule has 3 aromatic rings. The number of thioether (sulfide) groups is 1. The maximum atomic E-state index is 11.3. The van der Waals surface area contributed by atoms with E-state index in [2.05, 4.69) is 16.7 Å². The molecule has 1 aliphatic heterocycles. The molecule has 150 valence electrons. The van der Waals surface area contributed by atoms with Gasteiger partial charge in [0.2, 0.25) is 5.91 Å². The Morgan fingerprint density at radius 1 is 1.13 bits per heavy atom. The molecule has 0 aromatic heterocycles. The fourth-order valence-electron chi connectivity index (χ4n) is 3.78. The molecule has 0 aliphatic carbocycles. The van der Waals surface area contributed by atoms with E-state index in [9.17, 15) is 10.1 Å². The summed E-state index contributed by atoms with van der Waals surface area (Å²) < 4.78 is 0. The van der Waals surface area contributed by atoms with Crippen molar-refractivity contribution in [1.29, 1.82) is 5.26 Å². The SMILES string of the molecule is CC(=O)Nc1ccc(CC2(c3ccc(Cl)cc3)Nc3ccccc3SC2C#N)cc1. The number of carbonyl (C=O) groups excluding carboxylic acids is 1. The van der Waals surface area contributed by atoms with Gasteiger partial charge < -0.3 is 10.6 Å². The second-order valence-corrected chi connectivity index (χ2v) is 8.86. The first kappa shape index (κ1) is 20.3. The number of halogens is 1. The zero-order valence-corrected chi connectivity index (χ0v) is 17.9. The van der Waals surface area contributed by atoms with Gasteiger partial charge in [0.1, 0.15) is 5.25 Å². The van der Waals surface area contributed by atoms with Crippen molar-refractivity contribution in [3.63, 3.8) is 0 Å². The van der Waals surface area contributed by atoms with Crippen molar-refractivity contribution >= 4 is 40.6 Å². The number of nitrogens with one attached hydrogen (secondary N) is 2. The zero-order valence-electron chi connectivity index (χ0n) is 16.4. The molecule has 0 bridgehead atoms. The molecule has 0 saturated heterocycles. The third-order valence-corrected chi connectivity index (χ3v) is 6.78. The Morgan fingerprint density at radius 2 is 1.83 bits per heavy atom. The summed E-state index contributed by atoms with van der Waals surface area (Å²) in [6, 6.07) is 26.0. The summed E-state index contributed by atoms with van der Waals surface area (Å²) in [5.41, 5.74) is 3.20. The Balaban J connectivity index is 1.78. The van der Waals surface area contributed by atoms with Crippen molar-refractivity contribution in [2.45, 2.75) is 29.0 Å². The smallest absolute Gasteiger partial charge is 0.221 e. The first-order valence-electron chi connectivity index (χ1n) is 9.56. The maximum Gasteiger partial charge on any atom is 0.221 e. The van der Waals surface area contributed by atoms with Crippen molar-refractivity contribution in [2.24, 2.45) is 0 Å². The quantitative estimate of drug-likeness (QED) is 0.542. The Bertz CT molecular complexity index is 1110. The molecule has 6 heteroatoms. The Kier molecular flexibility index (Phi) is 5.72. The van der Waals surface area contributed by atoms with E-state index in [0.29, 0.717) is 11.4 Å². The summed E-state index contributed by atoms with van der Waals surface area (Å²) in [6.45, 7) is 1.49. The lowest BCUT2D eigenvalue weighted by Crippen LogP contribution is -2.48. The Hall–Kier alpha value is -2.94. The van der Waals surface area contributed by atoms with Gasteiger partial charge in [-0.15, -0.1) is 11.8 Å². The minimum absolute atomic E-state index is 0.105. The summed E-state index contributed by atoms with van der Waals surface area (Å²) in [5.74, 6) is -0.105. The normalized spacial score (nSPS) is 19.8. The highest BCUT2D eigenvalue weighted by Gasteiger charge is 2.45. The van der Waals surface area contributed by atoms with Crippen molar-refractivity contribution < 1.29 is 4.79 Å². The van der Waals surface area contributed by atoms with E-state index in [4.69, 9.17) is 11.6 Å². The minimum Gasteiger partial charge on any atom is -0.372 e. The fourth-order valence-corrected chi connectivity index (χ4v) is 5.10. The first-order chi connectivity index (χ1) is 14.5. The van der Waals surface area contributed by atoms with Gasteiger partial charge in [-0.25, -0.2) is 0 Å². The molecule has 0 radical (unpaired) electrons. The summed E-state index contributed by atoms with van der Waals surface area (Å²) in [6.07, 6.45) is 0.606. The highest BCUT2D eigenvalue weighted by atomic mass is 35.5. The van der Waals surface area contributed by atoms with Crippen molar-refractivity contribution in [3.8, 4) is 6.07 Å². The number of hydrogen-bond donors (Lipinski definition) is 2. The van der Waals surface area contributed by atoms with Gasteiger partial charge in [-0.3, -0.25) is 4.79 Å². The second-order valence-electron chi connectivity index (χ2n) is 7.28. The van der Waals surface area contributed by atoms with Crippen LogP contribution in [0.2, 0.25) is 5.02 Å². The highest BCUT2D eigenvalue weighted by molar-refractivity contribution is 8.00. The number of nitriles is 1. The molecule has 2 N–H and O–H groups in total. The van der Waals surface area contributed by atoms with Gasteiger partial charge >= 0.3 is 0 Å². The third-order valence-electron chi connectivity index (χ3n) is 5.17. The van der Waals surface area contributed by atoms with Crippen molar-refractivity contribution in [2.75, 3.05) is 10.6 Å². The lowest BCUT2D eigenvalue weighted by atomic mass is 9.80. The molecular formula is C24H20ClN3OS. The number of carbonyl (C=O) groups is 1. The number of para-hydroxylation sites is 1. The van der Waals surface area contributed by atoms with Crippen LogP contribution < -0.4 is 10.6 Å². The first-order valence-corrected chi connectivity index (χ1v) is 10.8. The van der Waals surface area contributed by atoms with Gasteiger partial charge in [0, 0.05) is 34.6 Å². The lowest BCUT2D eigenvalue weighted by molar-refractivity contribution is -0.114. The molecule has 30 heavy (non-hydrogen) atoms. The molecule has 2 unspecified atom stereocenters. The van der Waals surface area contributed by atoms with E-state index < -0.39 is 5.54 Å². The number of nitrogens with zero attached hydrogens (tertiary/aromatic N) is 1. The minimum atomic E-state index is -0.631. The van der Waals surface area contributed by atoms with Gasteiger partial charge in [-0.05, 0) is 47.5 Å². The van der Waals surface area contributed by atoms with Crippen LogP contribution >= 0.6 is 23.4 Å². The van der Waals surface area contributed by atoms with Crippen LogP contribution in [0.1, 0.15) is 18.1 Å². The van der Waals surface area contributed by atoms with Gasteiger partial charge in [0.05, 0.1) is 11.6 Å². The van der Waals surface area contributed by atoms with E-state index in [0.717, 1.165) is 27.4 Å². The molecule has 3 aromatic carbocycles. The molecule has 1 amide bonds. The van der Waals surface area contributed by atoms with Crippen LogP contribution in [0.5, 0.6) is 0 Å². The average molecular weight is 434 g/mol. The Labute approximate surface area is 185 Å². The van der Waals surface area contributed by atoms with Gasteiger partial charge in [-0.1, -0.05) is 48.0 Å². The standard InChI is InChI=1S/C24H20ClN3OS/c1-16(29)27-20-12-6-17(7-13-20)14-24(18-8-10-19(25)11-9-18)23(15-26)30-22-5-3-2-4-21(22)28-24/h2-13,23,28H,14H2,1H3,(H,27,29). The monoisotopic (exact) mass is 433 g/mol. The van der Waals surface area contributed by atoms with Gasteiger partial charge in [0.25, 0.3) is 0 Å². The number of fused-ring (bicyclic) bond motifs is 1. The second kappa shape index (κ2) is 8.43. The molecule has 0 saturated carbocycles. The third kappa shape index (κ3) is 4.02. The maximum absolute atomic E-state index is 11.3. The molecule has 2 atom stereocenters. The van der Waals surface area contributed by atoms with Crippen LogP contribution in [-0.2, 0) is 16.8 Å². The molecule has 4 nitrogen and oxygen atoms in total.